The maximum atomic E-state index is 11.3. The Morgan fingerprint density at radius 2 is 1.91 bits per heavy atom. The molecule has 1 aliphatic rings. The van der Waals surface area contributed by atoms with Crippen molar-refractivity contribution in [2.75, 3.05) is 36.5 Å². The van der Waals surface area contributed by atoms with Crippen molar-refractivity contribution in [1.29, 1.82) is 0 Å². The van der Waals surface area contributed by atoms with Gasteiger partial charge in [0.25, 0.3) is 0 Å². The second-order valence-electron chi connectivity index (χ2n) is 5.70. The van der Waals surface area contributed by atoms with Gasteiger partial charge in [0.05, 0.1) is 0 Å². The average Bonchev–Trinajstić information content (AvgIpc) is 2.62. The number of carbonyl (C=O) groups is 3. The van der Waals surface area contributed by atoms with Crippen molar-refractivity contribution in [3.8, 4) is 0 Å². The molecule has 0 saturated carbocycles. The highest BCUT2D eigenvalue weighted by Gasteiger charge is 2.18. The number of carbonyl (C=O) groups excluding carboxylic acids is 3. The third-order valence-corrected chi connectivity index (χ3v) is 4.26. The topological polar surface area (TPSA) is 69.7 Å². The Kier molecular flexibility index (Phi) is 6.14. The van der Waals surface area contributed by atoms with Gasteiger partial charge in [-0.3, -0.25) is 9.59 Å². The normalized spacial score (nSPS) is 15.1. The molecule has 0 aromatic heterocycles. The van der Waals surface area contributed by atoms with E-state index in [2.05, 4.69) is 10.2 Å². The number of aldehydes is 1. The lowest BCUT2D eigenvalue weighted by Gasteiger charge is -2.31. The molecule has 0 bridgehead atoms. The molecule has 6 heteroatoms. The van der Waals surface area contributed by atoms with Gasteiger partial charge >= 0.3 is 0 Å². The van der Waals surface area contributed by atoms with Crippen LogP contribution in [0, 0.1) is 5.92 Å². The number of benzene rings is 1. The lowest BCUT2D eigenvalue weighted by atomic mass is 9.98. The second kappa shape index (κ2) is 8.31. The fraction of sp³-hybridized carbons (Fsp3) is 0.471. The van der Waals surface area contributed by atoms with E-state index in [1.165, 1.54) is 4.90 Å². The molecule has 2 amide bonds. The van der Waals surface area contributed by atoms with E-state index in [0.29, 0.717) is 6.54 Å². The van der Waals surface area contributed by atoms with Crippen molar-refractivity contribution in [3.63, 3.8) is 0 Å². The number of nitrogens with zero attached hydrogens (tertiary/aromatic N) is 2. The number of amides is 2. The van der Waals surface area contributed by atoms with Gasteiger partial charge in [-0.05, 0) is 37.1 Å². The number of hydrogen-bond acceptors (Lipinski definition) is 4. The van der Waals surface area contributed by atoms with Crippen molar-refractivity contribution in [1.82, 2.24) is 5.32 Å². The summed E-state index contributed by atoms with van der Waals surface area (Å²) < 4.78 is 0. The van der Waals surface area contributed by atoms with Crippen LogP contribution in [-0.2, 0) is 14.4 Å². The summed E-state index contributed by atoms with van der Waals surface area (Å²) in [7, 11) is 1.58. The largest absolute Gasteiger partial charge is 0.371 e. The average molecular weight is 317 g/mol. The van der Waals surface area contributed by atoms with Crippen LogP contribution in [0.5, 0.6) is 0 Å². The van der Waals surface area contributed by atoms with Crippen molar-refractivity contribution < 1.29 is 14.4 Å². The van der Waals surface area contributed by atoms with Gasteiger partial charge < -0.3 is 19.9 Å². The van der Waals surface area contributed by atoms with Crippen LogP contribution in [0.1, 0.15) is 19.3 Å². The van der Waals surface area contributed by atoms with Crippen LogP contribution in [-0.4, -0.2) is 45.3 Å². The summed E-state index contributed by atoms with van der Waals surface area (Å²) in [6.07, 6.45) is 3.84. The molecule has 1 saturated heterocycles. The molecule has 2 rings (SSSR count). The van der Waals surface area contributed by atoms with E-state index in [0.717, 1.165) is 50.0 Å². The first-order valence-corrected chi connectivity index (χ1v) is 7.90. The van der Waals surface area contributed by atoms with Crippen molar-refractivity contribution in [2.24, 2.45) is 5.92 Å². The van der Waals surface area contributed by atoms with E-state index in [4.69, 9.17) is 0 Å². The van der Waals surface area contributed by atoms with Crippen LogP contribution in [0.3, 0.4) is 0 Å². The summed E-state index contributed by atoms with van der Waals surface area (Å²) in [4.78, 5) is 37.1. The molecule has 0 atom stereocenters. The van der Waals surface area contributed by atoms with Crippen molar-refractivity contribution in [2.45, 2.75) is 19.3 Å². The first-order valence-electron chi connectivity index (χ1n) is 7.90. The van der Waals surface area contributed by atoms with E-state index in [-0.39, 0.29) is 18.2 Å². The van der Waals surface area contributed by atoms with E-state index < -0.39 is 0 Å². The van der Waals surface area contributed by atoms with Gasteiger partial charge in [0.1, 0.15) is 6.29 Å². The smallest absolute Gasteiger partial charge is 0.221 e. The molecule has 1 N–H and O–H groups in total. The van der Waals surface area contributed by atoms with E-state index in [9.17, 15) is 14.4 Å². The highest BCUT2D eigenvalue weighted by atomic mass is 16.2. The van der Waals surface area contributed by atoms with Gasteiger partial charge in [0, 0.05) is 50.4 Å². The Morgan fingerprint density at radius 3 is 2.43 bits per heavy atom. The Balaban J connectivity index is 1.96. The molecule has 124 valence electrons. The van der Waals surface area contributed by atoms with Crippen LogP contribution in [0.25, 0.3) is 0 Å². The van der Waals surface area contributed by atoms with Gasteiger partial charge in [-0.15, -0.1) is 0 Å². The quantitative estimate of drug-likeness (QED) is 0.767. The van der Waals surface area contributed by atoms with Crippen molar-refractivity contribution >= 4 is 30.0 Å². The van der Waals surface area contributed by atoms with Gasteiger partial charge in [0.2, 0.25) is 12.3 Å². The summed E-state index contributed by atoms with van der Waals surface area (Å²) in [6, 6.07) is 7.73. The van der Waals surface area contributed by atoms with Crippen LogP contribution in [0.15, 0.2) is 24.3 Å². The molecule has 1 fully saturated rings. The molecule has 1 heterocycles. The summed E-state index contributed by atoms with van der Waals surface area (Å²) >= 11 is 0. The standard InChI is InChI=1S/C17H23N3O3/c1-18-17(23)8-11-20(13-22)16-4-2-15(3-5-16)19-9-6-14(12-21)7-10-19/h2-5,12-14H,6-11H2,1H3,(H,18,23). The Hall–Kier alpha value is -2.37. The molecule has 0 radical (unpaired) electrons. The molecular formula is C17H23N3O3. The van der Waals surface area contributed by atoms with Gasteiger partial charge in [-0.2, -0.15) is 0 Å². The van der Waals surface area contributed by atoms with Crippen LogP contribution in [0.4, 0.5) is 11.4 Å². The monoisotopic (exact) mass is 317 g/mol. The third-order valence-electron chi connectivity index (χ3n) is 4.26. The second-order valence-corrected chi connectivity index (χ2v) is 5.70. The zero-order chi connectivity index (χ0) is 16.7. The minimum Gasteiger partial charge on any atom is -0.371 e. The Morgan fingerprint density at radius 1 is 1.26 bits per heavy atom. The fourth-order valence-corrected chi connectivity index (χ4v) is 2.74. The lowest BCUT2D eigenvalue weighted by Crippen LogP contribution is -2.34. The maximum absolute atomic E-state index is 11.3. The van der Waals surface area contributed by atoms with Gasteiger partial charge in [0.15, 0.2) is 0 Å². The number of nitrogens with one attached hydrogen (secondary N) is 1. The van der Waals surface area contributed by atoms with Crippen LogP contribution in [0.2, 0.25) is 0 Å². The van der Waals surface area contributed by atoms with Gasteiger partial charge in [-0.1, -0.05) is 0 Å². The first kappa shape index (κ1) is 17.0. The number of anilines is 2. The predicted molar refractivity (Wildman–Crippen MR) is 89.5 cm³/mol. The number of piperidine rings is 1. The summed E-state index contributed by atoms with van der Waals surface area (Å²) in [5.41, 5.74) is 1.87. The van der Waals surface area contributed by atoms with Crippen molar-refractivity contribution in [3.05, 3.63) is 24.3 Å². The third kappa shape index (κ3) is 4.55. The first-order chi connectivity index (χ1) is 11.2. The zero-order valence-corrected chi connectivity index (χ0v) is 13.4. The molecule has 0 aliphatic carbocycles. The lowest BCUT2D eigenvalue weighted by molar-refractivity contribution is -0.120. The minimum absolute atomic E-state index is 0.0912. The molecule has 0 unspecified atom stereocenters. The fourth-order valence-electron chi connectivity index (χ4n) is 2.74. The maximum Gasteiger partial charge on any atom is 0.221 e. The van der Waals surface area contributed by atoms with Crippen LogP contribution >= 0.6 is 0 Å². The van der Waals surface area contributed by atoms with Crippen LogP contribution < -0.4 is 15.1 Å². The molecule has 1 aromatic carbocycles. The minimum atomic E-state index is -0.0912. The molecule has 1 aliphatic heterocycles. The molecule has 1 aromatic rings. The molecule has 0 spiro atoms. The van der Waals surface area contributed by atoms with E-state index in [1.807, 2.05) is 24.3 Å². The number of hydrogen-bond donors (Lipinski definition) is 1. The molecule has 23 heavy (non-hydrogen) atoms. The SMILES string of the molecule is CNC(=O)CCN(C=O)c1ccc(N2CCC(C=O)CC2)cc1. The summed E-state index contributed by atoms with van der Waals surface area (Å²) in [5, 5.41) is 2.54. The highest BCUT2D eigenvalue weighted by Crippen LogP contribution is 2.24. The number of rotatable bonds is 7. The highest BCUT2D eigenvalue weighted by molar-refractivity contribution is 5.80. The van der Waals surface area contributed by atoms with Gasteiger partial charge in [-0.25, -0.2) is 0 Å². The summed E-state index contributed by atoms with van der Waals surface area (Å²) in [5.74, 6) is 0.0901. The Bertz CT molecular complexity index is 537. The predicted octanol–water partition coefficient (Wildman–Crippen LogP) is 1.20. The summed E-state index contributed by atoms with van der Waals surface area (Å²) in [6.45, 7) is 2.10. The molecular weight excluding hydrogens is 294 g/mol. The van der Waals surface area contributed by atoms with E-state index >= 15 is 0 Å². The Labute approximate surface area is 136 Å². The zero-order valence-electron chi connectivity index (χ0n) is 13.4. The molecule has 6 nitrogen and oxygen atoms in total. The van der Waals surface area contributed by atoms with E-state index in [1.54, 1.807) is 7.05 Å².